The summed E-state index contributed by atoms with van der Waals surface area (Å²) in [6.07, 6.45) is 11.7. The number of rotatable bonds is 12. The number of nitrogens with zero attached hydrogens (tertiary/aromatic N) is 10. The lowest BCUT2D eigenvalue weighted by Gasteiger charge is -2.20. The van der Waals surface area contributed by atoms with Gasteiger partial charge in [-0.15, -0.1) is 0 Å². The van der Waals surface area contributed by atoms with Crippen molar-refractivity contribution in [2.45, 2.75) is 331 Å². The van der Waals surface area contributed by atoms with E-state index in [0.29, 0.717) is 70.2 Å². The molecule has 712 valence electrons. The van der Waals surface area contributed by atoms with E-state index >= 15 is 0 Å². The molecular formula is C108H146ClF11N10. The van der Waals surface area contributed by atoms with Crippen molar-refractivity contribution in [3.8, 4) is 0 Å². The summed E-state index contributed by atoms with van der Waals surface area (Å²) >= 11 is 5.96. The Morgan fingerprint density at radius 2 is 0.654 bits per heavy atom. The van der Waals surface area contributed by atoms with Crippen LogP contribution in [-0.2, 0) is 17.0 Å². The molecule has 0 spiro atoms. The van der Waals surface area contributed by atoms with Gasteiger partial charge in [-0.05, 0) is 248 Å². The second kappa shape index (κ2) is 56.0. The number of hydrogen-bond acceptors (Lipinski definition) is 10. The van der Waals surface area contributed by atoms with Gasteiger partial charge in [0.2, 0.25) is 0 Å². The van der Waals surface area contributed by atoms with Gasteiger partial charge in [-0.2, -0.15) is 13.2 Å². The smallest absolute Gasteiger partial charge is 0.261 e. The van der Waals surface area contributed by atoms with Crippen LogP contribution < -0.4 is 0 Å². The van der Waals surface area contributed by atoms with Crippen molar-refractivity contribution in [3.05, 3.63) is 335 Å². The van der Waals surface area contributed by atoms with Crippen molar-refractivity contribution in [2.24, 2.45) is 0 Å². The molecule has 11 aromatic rings. The monoisotopic (exact) mass is 1830 g/mol. The van der Waals surface area contributed by atoms with Crippen molar-refractivity contribution >= 4 is 17.2 Å². The third-order valence-electron chi connectivity index (χ3n) is 19.3. The summed E-state index contributed by atoms with van der Waals surface area (Å²) in [5, 5.41) is 0.778. The molecule has 0 N–H and O–H groups in total. The van der Waals surface area contributed by atoms with Gasteiger partial charge >= 0.3 is 6.18 Å². The minimum Gasteiger partial charge on any atom is -0.261 e. The fourth-order valence-electron chi connectivity index (χ4n) is 12.6. The lowest BCUT2D eigenvalue weighted by molar-refractivity contribution is -0.138. The highest BCUT2D eigenvalue weighted by atomic mass is 35.5. The number of pyridine rings is 10. The van der Waals surface area contributed by atoms with E-state index in [1.54, 1.807) is 38.5 Å². The SMILES string of the molecule is C=C(C)c1cnc(C(C)C)c(F)c1.CC(C)c1cc(F)ccc1F.CC(C)c1cccnc1C(C)C.CC(C)c1cnc(C(C)C)c(F)c1.CC(C)c1ncc(C(F)(F)F)cc1F.CC(C)c1ncc(F)cc1F.Cc1cccnc1C(C)C.Cc1cnc(C(C)(C)C)c(C)c1.Cc1cnc(C(C)(C)C)c(C)c1.Cc1cnc(C(C)C)c(Cl)c1.Cc1cnc(C(C)C)c(F)c1. The van der Waals surface area contributed by atoms with Crippen LogP contribution in [0.25, 0.3) is 5.57 Å². The third kappa shape index (κ3) is 42.5. The van der Waals surface area contributed by atoms with E-state index < -0.39 is 29.2 Å². The van der Waals surface area contributed by atoms with Gasteiger partial charge in [-0.3, -0.25) is 49.8 Å². The maximum Gasteiger partial charge on any atom is 0.417 e. The zero-order valence-electron chi connectivity index (χ0n) is 84.0. The van der Waals surface area contributed by atoms with E-state index in [1.165, 1.54) is 74.4 Å². The normalized spacial score (nSPS) is 11.1. The molecule has 11 rings (SSSR count). The van der Waals surface area contributed by atoms with Gasteiger partial charge in [0.25, 0.3) is 0 Å². The van der Waals surface area contributed by atoms with Crippen molar-refractivity contribution in [1.29, 1.82) is 0 Å². The van der Waals surface area contributed by atoms with Gasteiger partial charge in [0, 0.05) is 95.4 Å². The number of benzene rings is 1. The van der Waals surface area contributed by atoms with E-state index in [4.69, 9.17) is 11.6 Å². The predicted molar refractivity (Wildman–Crippen MR) is 519 cm³/mol. The summed E-state index contributed by atoms with van der Waals surface area (Å²) in [6.45, 7) is 76.6. The van der Waals surface area contributed by atoms with Crippen molar-refractivity contribution < 1.29 is 48.3 Å². The molecule has 0 aliphatic rings. The average Bonchev–Trinajstić information content (AvgIpc) is 0.820. The van der Waals surface area contributed by atoms with Crippen LogP contribution in [0.5, 0.6) is 0 Å². The molecular weight excluding hydrogens is 1680 g/mol. The van der Waals surface area contributed by atoms with Gasteiger partial charge in [0.15, 0.2) is 0 Å². The summed E-state index contributed by atoms with van der Waals surface area (Å²) in [7, 11) is 0. The Bertz CT molecular complexity index is 5030. The summed E-state index contributed by atoms with van der Waals surface area (Å²) < 4.78 is 140. The maximum atomic E-state index is 13.4. The number of alkyl halides is 3. The molecule has 0 aliphatic heterocycles. The molecule has 0 amide bonds. The van der Waals surface area contributed by atoms with Gasteiger partial charge < -0.3 is 0 Å². The molecule has 0 saturated heterocycles. The standard InChI is InChI=1S/C11H16FN.C11H14FN.3C11H17N.C9H12ClN.C9H9F4N.C9H10F2.C9H12FN.C9H13N.C8H9F2N/c2*1-7(2)9-5-10(12)11(8(3)4)13-6-9;2*1-8-6-9(2)10(12-7-8)11(3,4)5;1-8(2)10-6-5-7-12-11(10)9(3)4;1-6(2)9-8(10)4-7(3)5-11-9;1-5(2)8-7(10)3-6(4-14-8)9(11,12)13;1-6(2)8-5-7(10)3-4-9(8)11;1-6(2)9-8(10)4-7(3)5-11-9;1-7(2)9-8(3)5-4-6-10-9;1-5(2)8-7(10)3-6(9)4-11-8/h5-8H,1-4H3;5-6,8H,1H2,2-4H3;2*6-7H,1-5H3;5-9H,1-4H3;4-6H,1-3H3;3-5H,1-2H3;3-6H,1-2H3;4-6H,1-3H3;4-7H,1-3H3;3-5H,1-2H3. The lowest BCUT2D eigenvalue weighted by atomic mass is 9.88. The van der Waals surface area contributed by atoms with E-state index in [-0.39, 0.29) is 81.1 Å². The summed E-state index contributed by atoms with van der Waals surface area (Å²) in [6, 6.07) is 24.0. The molecule has 1 aromatic carbocycles. The van der Waals surface area contributed by atoms with Crippen LogP contribution in [0.1, 0.15) is 390 Å². The minimum absolute atomic E-state index is 0.00407. The van der Waals surface area contributed by atoms with Gasteiger partial charge in [0.1, 0.15) is 46.5 Å². The zero-order valence-corrected chi connectivity index (χ0v) is 84.8. The first-order valence-electron chi connectivity index (χ1n) is 44.4. The fourth-order valence-corrected chi connectivity index (χ4v) is 13.0. The Morgan fingerprint density at radius 1 is 0.300 bits per heavy atom. The highest BCUT2D eigenvalue weighted by Crippen LogP contribution is 2.33. The Labute approximate surface area is 777 Å². The van der Waals surface area contributed by atoms with Crippen LogP contribution >= 0.6 is 11.6 Å². The Hall–Kier alpha value is -10.0. The van der Waals surface area contributed by atoms with Crippen molar-refractivity contribution in [3.63, 3.8) is 0 Å². The van der Waals surface area contributed by atoms with Crippen molar-refractivity contribution in [2.75, 3.05) is 0 Å². The molecule has 0 radical (unpaired) electrons. The quantitative estimate of drug-likeness (QED) is 0.109. The Balaban J connectivity index is 0.000000716. The van der Waals surface area contributed by atoms with Crippen LogP contribution in [0.4, 0.5) is 48.3 Å². The molecule has 130 heavy (non-hydrogen) atoms. The number of aryl methyl sites for hydroxylation is 7. The van der Waals surface area contributed by atoms with E-state index in [0.717, 1.165) is 62.9 Å². The largest absolute Gasteiger partial charge is 0.417 e. The lowest BCUT2D eigenvalue weighted by Crippen LogP contribution is -2.15. The van der Waals surface area contributed by atoms with Crippen molar-refractivity contribution in [1.82, 2.24) is 49.8 Å². The molecule has 0 bridgehead atoms. The fraction of sp³-hybridized carbons (Fsp3) is 0.463. The third-order valence-corrected chi connectivity index (χ3v) is 19.6. The molecule has 0 unspecified atom stereocenters. The van der Waals surface area contributed by atoms with Gasteiger partial charge in [0.05, 0.1) is 50.9 Å². The highest BCUT2D eigenvalue weighted by molar-refractivity contribution is 6.31. The summed E-state index contributed by atoms with van der Waals surface area (Å²) in [4.78, 5) is 41.1. The van der Waals surface area contributed by atoms with Gasteiger partial charge in [-0.1, -0.05) is 236 Å². The predicted octanol–water partition coefficient (Wildman–Crippen LogP) is 33.4. The minimum atomic E-state index is -4.54. The van der Waals surface area contributed by atoms with E-state index in [9.17, 15) is 48.3 Å². The first kappa shape index (κ1) is 118. The average molecular weight is 1830 g/mol. The summed E-state index contributed by atoms with van der Waals surface area (Å²) in [5.41, 5.74) is 19.8. The van der Waals surface area contributed by atoms with Crippen LogP contribution in [0.15, 0.2) is 160 Å². The first-order chi connectivity index (χ1) is 60.0. The molecule has 10 heterocycles. The van der Waals surface area contributed by atoms with E-state index in [1.807, 2.05) is 153 Å². The molecule has 10 nitrogen and oxygen atoms in total. The number of aromatic nitrogens is 10. The van der Waals surface area contributed by atoms with Crippen LogP contribution in [0.3, 0.4) is 0 Å². The van der Waals surface area contributed by atoms with Gasteiger partial charge in [-0.25, -0.2) is 35.1 Å². The molecule has 10 aromatic heterocycles. The Morgan fingerprint density at radius 3 is 0.985 bits per heavy atom. The number of hydrogen-bond donors (Lipinski definition) is 0. The maximum absolute atomic E-state index is 13.4. The molecule has 0 saturated carbocycles. The van der Waals surface area contributed by atoms with Crippen LogP contribution in [-0.4, -0.2) is 49.8 Å². The molecule has 0 aliphatic carbocycles. The highest BCUT2D eigenvalue weighted by Gasteiger charge is 2.32. The molecule has 0 atom stereocenters. The Kier molecular flexibility index (Phi) is 50.8. The molecule has 0 fully saturated rings. The van der Waals surface area contributed by atoms with Crippen LogP contribution in [0, 0.1) is 95.0 Å². The second-order valence-electron chi connectivity index (χ2n) is 37.8. The van der Waals surface area contributed by atoms with Crippen LogP contribution in [0.2, 0.25) is 5.02 Å². The second-order valence-corrected chi connectivity index (χ2v) is 38.2. The number of halogens is 12. The zero-order chi connectivity index (χ0) is 100. The number of allylic oxidation sites excluding steroid dienone is 1. The molecule has 22 heteroatoms. The topological polar surface area (TPSA) is 129 Å². The first-order valence-corrected chi connectivity index (χ1v) is 44.8. The van der Waals surface area contributed by atoms with E-state index in [2.05, 4.69) is 212 Å². The summed E-state index contributed by atoms with van der Waals surface area (Å²) in [5.74, 6) is -0.795.